The zero-order chi connectivity index (χ0) is 15.6. The Balaban J connectivity index is 2.32. The van der Waals surface area contributed by atoms with Crippen LogP contribution < -0.4 is 10.6 Å². The fourth-order valence-electron chi connectivity index (χ4n) is 1.97. The number of carbonyl (C=O) groups is 1. The van der Waals surface area contributed by atoms with Gasteiger partial charge < -0.3 is 15.7 Å². The Morgan fingerprint density at radius 1 is 1.19 bits per heavy atom. The van der Waals surface area contributed by atoms with Crippen LogP contribution in [0.5, 0.6) is 5.75 Å². The number of aromatic hydroxyl groups is 1. The molecule has 5 heteroatoms. The number of rotatable bonds is 3. The molecular formula is C16H16N2O2S. The Morgan fingerprint density at radius 2 is 1.90 bits per heavy atom. The second-order valence-electron chi connectivity index (χ2n) is 4.78. The molecule has 0 heterocycles. The Morgan fingerprint density at radius 3 is 2.52 bits per heavy atom. The number of carbonyl (C=O) groups excluding carboxylic acids is 1. The molecule has 0 aliphatic rings. The molecule has 2 aromatic carbocycles. The van der Waals surface area contributed by atoms with E-state index in [1.54, 1.807) is 44.3 Å². The molecule has 0 radical (unpaired) electrons. The van der Waals surface area contributed by atoms with Crippen LogP contribution in [0.3, 0.4) is 0 Å². The lowest BCUT2D eigenvalue weighted by Crippen LogP contribution is -2.26. The first kappa shape index (κ1) is 15.0. The van der Waals surface area contributed by atoms with E-state index >= 15 is 0 Å². The van der Waals surface area contributed by atoms with E-state index in [0.717, 1.165) is 0 Å². The van der Waals surface area contributed by atoms with Gasteiger partial charge in [-0.25, -0.2) is 0 Å². The molecule has 21 heavy (non-hydrogen) atoms. The van der Waals surface area contributed by atoms with Crippen molar-refractivity contribution in [2.24, 2.45) is 5.73 Å². The Kier molecular flexibility index (Phi) is 4.23. The van der Waals surface area contributed by atoms with Gasteiger partial charge in [-0.3, -0.25) is 4.79 Å². The smallest absolute Gasteiger partial charge is 0.258 e. The maximum absolute atomic E-state index is 12.5. The van der Waals surface area contributed by atoms with Gasteiger partial charge in [-0.1, -0.05) is 24.4 Å². The lowest BCUT2D eigenvalue weighted by atomic mass is 10.1. The first-order valence-corrected chi connectivity index (χ1v) is 6.78. The van der Waals surface area contributed by atoms with Crippen LogP contribution >= 0.6 is 12.2 Å². The van der Waals surface area contributed by atoms with Crippen LogP contribution in [0.1, 0.15) is 21.5 Å². The average molecular weight is 300 g/mol. The Hall–Kier alpha value is -2.40. The summed E-state index contributed by atoms with van der Waals surface area (Å²) in [5.74, 6) is 0.00266. The van der Waals surface area contributed by atoms with Crippen molar-refractivity contribution in [2.75, 3.05) is 11.9 Å². The summed E-state index contributed by atoms with van der Waals surface area (Å²) in [5.41, 5.74) is 8.19. The minimum atomic E-state index is -0.168. The summed E-state index contributed by atoms with van der Waals surface area (Å²) >= 11 is 4.95. The van der Waals surface area contributed by atoms with Crippen LogP contribution in [-0.4, -0.2) is 23.0 Å². The van der Waals surface area contributed by atoms with Crippen LogP contribution in [0.2, 0.25) is 0 Å². The van der Waals surface area contributed by atoms with Gasteiger partial charge in [-0.05, 0) is 42.8 Å². The monoisotopic (exact) mass is 300 g/mol. The highest BCUT2D eigenvalue weighted by atomic mass is 32.1. The zero-order valence-electron chi connectivity index (χ0n) is 11.8. The van der Waals surface area contributed by atoms with E-state index in [1.165, 1.54) is 11.0 Å². The van der Waals surface area contributed by atoms with Crippen LogP contribution in [0.25, 0.3) is 0 Å². The van der Waals surface area contributed by atoms with Crippen molar-refractivity contribution in [1.82, 2.24) is 0 Å². The summed E-state index contributed by atoms with van der Waals surface area (Å²) in [6, 6.07) is 12.0. The van der Waals surface area contributed by atoms with Gasteiger partial charge in [0.05, 0.1) is 0 Å². The van der Waals surface area contributed by atoms with E-state index in [4.69, 9.17) is 18.0 Å². The molecular weight excluding hydrogens is 284 g/mol. The molecule has 3 N–H and O–H groups in total. The number of benzene rings is 2. The fourth-order valence-corrected chi connectivity index (χ4v) is 2.09. The topological polar surface area (TPSA) is 66.6 Å². The Bertz CT molecular complexity index is 713. The fraction of sp³-hybridized carbons (Fsp3) is 0.125. The molecule has 0 aromatic heterocycles. The van der Waals surface area contributed by atoms with Gasteiger partial charge >= 0.3 is 0 Å². The number of hydrogen-bond acceptors (Lipinski definition) is 3. The number of thiocarbonyl (C=S) groups is 1. The largest absolute Gasteiger partial charge is 0.508 e. The third kappa shape index (κ3) is 3.20. The molecule has 2 aromatic rings. The van der Waals surface area contributed by atoms with Gasteiger partial charge in [0.1, 0.15) is 10.7 Å². The molecule has 1 amide bonds. The molecule has 0 fully saturated rings. The van der Waals surface area contributed by atoms with E-state index in [9.17, 15) is 9.90 Å². The third-order valence-electron chi connectivity index (χ3n) is 3.27. The van der Waals surface area contributed by atoms with Crippen LogP contribution in [0, 0.1) is 6.92 Å². The summed E-state index contributed by atoms with van der Waals surface area (Å²) in [6.07, 6.45) is 0. The van der Waals surface area contributed by atoms with Gasteiger partial charge in [-0.2, -0.15) is 0 Å². The van der Waals surface area contributed by atoms with Crippen LogP contribution in [-0.2, 0) is 0 Å². The van der Waals surface area contributed by atoms with Gasteiger partial charge in [0, 0.05) is 23.9 Å². The Labute approximate surface area is 128 Å². The number of phenols is 1. The number of anilines is 1. The van der Waals surface area contributed by atoms with Gasteiger partial charge in [0.25, 0.3) is 5.91 Å². The molecule has 0 aliphatic heterocycles. The summed E-state index contributed by atoms with van der Waals surface area (Å²) in [4.78, 5) is 14.3. The van der Waals surface area contributed by atoms with Crippen molar-refractivity contribution in [3.8, 4) is 5.75 Å². The third-order valence-corrected chi connectivity index (χ3v) is 3.50. The number of amides is 1. The number of phenolic OH excluding ortho intramolecular Hbond substituents is 1. The maximum Gasteiger partial charge on any atom is 0.258 e. The van der Waals surface area contributed by atoms with Crippen molar-refractivity contribution in [2.45, 2.75) is 6.92 Å². The van der Waals surface area contributed by atoms with Crippen molar-refractivity contribution in [3.63, 3.8) is 0 Å². The summed E-state index contributed by atoms with van der Waals surface area (Å²) in [7, 11) is 1.68. The molecule has 0 aliphatic carbocycles. The molecule has 0 saturated carbocycles. The minimum absolute atomic E-state index is 0.168. The number of nitrogens with zero attached hydrogens (tertiary/aromatic N) is 1. The van der Waals surface area contributed by atoms with Crippen LogP contribution in [0.4, 0.5) is 5.69 Å². The van der Waals surface area contributed by atoms with Crippen LogP contribution in [0.15, 0.2) is 42.5 Å². The normalized spacial score (nSPS) is 10.2. The highest BCUT2D eigenvalue weighted by Gasteiger charge is 2.15. The predicted molar refractivity (Wildman–Crippen MR) is 87.9 cm³/mol. The van der Waals surface area contributed by atoms with Crippen molar-refractivity contribution in [3.05, 3.63) is 59.2 Å². The quantitative estimate of drug-likeness (QED) is 0.855. The zero-order valence-corrected chi connectivity index (χ0v) is 12.6. The van der Waals surface area contributed by atoms with Gasteiger partial charge in [0.15, 0.2) is 0 Å². The van der Waals surface area contributed by atoms with E-state index in [0.29, 0.717) is 22.4 Å². The first-order chi connectivity index (χ1) is 9.90. The second-order valence-corrected chi connectivity index (χ2v) is 5.22. The first-order valence-electron chi connectivity index (χ1n) is 6.37. The van der Waals surface area contributed by atoms with Gasteiger partial charge in [-0.15, -0.1) is 0 Å². The number of nitrogens with two attached hydrogens (primary N) is 1. The lowest BCUT2D eigenvalue weighted by molar-refractivity contribution is 0.0993. The second kappa shape index (κ2) is 5.93. The molecule has 0 atom stereocenters. The number of hydrogen-bond donors (Lipinski definition) is 2. The van der Waals surface area contributed by atoms with Crippen molar-refractivity contribution < 1.29 is 9.90 Å². The van der Waals surface area contributed by atoms with E-state index in [1.807, 2.05) is 6.07 Å². The maximum atomic E-state index is 12.5. The SMILES string of the molecule is Cc1cc(C(=O)N(C)c2cccc(C(N)=S)c2)ccc1O. The summed E-state index contributed by atoms with van der Waals surface area (Å²) in [5, 5.41) is 9.53. The summed E-state index contributed by atoms with van der Waals surface area (Å²) in [6.45, 7) is 1.75. The molecule has 0 spiro atoms. The van der Waals surface area contributed by atoms with E-state index in [-0.39, 0.29) is 16.6 Å². The molecule has 2 rings (SSSR count). The minimum Gasteiger partial charge on any atom is -0.508 e. The molecule has 0 bridgehead atoms. The summed E-state index contributed by atoms with van der Waals surface area (Å²) < 4.78 is 0. The molecule has 0 unspecified atom stereocenters. The van der Waals surface area contributed by atoms with E-state index in [2.05, 4.69) is 0 Å². The van der Waals surface area contributed by atoms with Crippen molar-refractivity contribution in [1.29, 1.82) is 0 Å². The average Bonchev–Trinajstić information content (AvgIpc) is 2.48. The lowest BCUT2D eigenvalue weighted by Gasteiger charge is -2.18. The standard InChI is InChI=1S/C16H16N2O2S/c1-10-8-12(6-7-14(10)19)16(20)18(2)13-5-3-4-11(9-13)15(17)21/h3-9,19H,1-2H3,(H2,17,21). The number of aryl methyl sites for hydroxylation is 1. The molecule has 4 nitrogen and oxygen atoms in total. The van der Waals surface area contributed by atoms with Gasteiger partial charge in [0.2, 0.25) is 0 Å². The highest BCUT2D eigenvalue weighted by Crippen LogP contribution is 2.21. The van der Waals surface area contributed by atoms with Crippen molar-refractivity contribution >= 4 is 28.8 Å². The molecule has 108 valence electrons. The molecule has 0 saturated heterocycles. The van der Waals surface area contributed by atoms with E-state index < -0.39 is 0 Å². The predicted octanol–water partition coefficient (Wildman–Crippen LogP) is 2.61. The highest BCUT2D eigenvalue weighted by molar-refractivity contribution is 7.80.